The van der Waals surface area contributed by atoms with E-state index in [-0.39, 0.29) is 15.9 Å². The van der Waals surface area contributed by atoms with Crippen molar-refractivity contribution < 1.29 is 20.1 Å². The van der Waals surface area contributed by atoms with Crippen LogP contribution >= 0.6 is 15.9 Å². The quantitative estimate of drug-likeness (QED) is 0.486. The molecule has 9 nitrogen and oxygen atoms in total. The van der Waals surface area contributed by atoms with Crippen LogP contribution in [0.3, 0.4) is 0 Å². The molecule has 0 amide bonds. The number of nitrogens with zero attached hydrogens (tertiary/aromatic N) is 3. The van der Waals surface area contributed by atoms with E-state index in [2.05, 4.69) is 30.9 Å². The summed E-state index contributed by atoms with van der Waals surface area (Å²) < 4.78 is 6.98. The predicted molar refractivity (Wildman–Crippen MR) is 68.9 cm³/mol. The molecule has 1 unspecified atom stereocenters. The number of aliphatic hydroxyl groups excluding tert-OH is 3. The van der Waals surface area contributed by atoms with Crippen LogP contribution in [-0.4, -0.2) is 59.8 Å². The van der Waals surface area contributed by atoms with E-state index in [4.69, 9.17) is 9.84 Å². The standard InChI is InChI=1S/C10H11BrN4O5/c11-10-14-4-7(12-2-13-8(4)19)15(10)9-6(18)5(17)3(1-16)20-9/h2-3,5-6,9,16-18H,1H2,(H,12,13,19)/t3-,5+,6?,9-/m1/s1. The molecule has 1 aliphatic heterocycles. The molecule has 1 fully saturated rings. The van der Waals surface area contributed by atoms with Gasteiger partial charge in [0, 0.05) is 0 Å². The van der Waals surface area contributed by atoms with E-state index < -0.39 is 36.7 Å². The summed E-state index contributed by atoms with van der Waals surface area (Å²) in [6.45, 7) is -0.438. The van der Waals surface area contributed by atoms with Crippen LogP contribution < -0.4 is 5.56 Å². The van der Waals surface area contributed by atoms with Crippen molar-refractivity contribution in [1.29, 1.82) is 0 Å². The molecule has 0 bridgehead atoms. The first-order chi connectivity index (χ1) is 9.54. The summed E-state index contributed by atoms with van der Waals surface area (Å²) in [6.07, 6.45) is -3.23. The topological polar surface area (TPSA) is 133 Å². The fourth-order valence-corrected chi connectivity index (χ4v) is 2.76. The number of ether oxygens (including phenoxy) is 1. The van der Waals surface area contributed by atoms with Gasteiger partial charge in [0.2, 0.25) is 0 Å². The number of aliphatic hydroxyl groups is 3. The van der Waals surface area contributed by atoms with Crippen molar-refractivity contribution in [2.45, 2.75) is 24.5 Å². The minimum Gasteiger partial charge on any atom is -0.394 e. The third kappa shape index (κ3) is 1.88. The van der Waals surface area contributed by atoms with E-state index in [1.165, 1.54) is 10.9 Å². The van der Waals surface area contributed by atoms with Gasteiger partial charge in [-0.3, -0.25) is 9.36 Å². The molecule has 0 saturated carbocycles. The van der Waals surface area contributed by atoms with E-state index >= 15 is 0 Å². The molecule has 0 aromatic carbocycles. The van der Waals surface area contributed by atoms with Crippen molar-refractivity contribution in [3.05, 3.63) is 21.4 Å². The summed E-state index contributed by atoms with van der Waals surface area (Å²) in [7, 11) is 0. The molecule has 3 heterocycles. The molecule has 20 heavy (non-hydrogen) atoms. The zero-order valence-corrected chi connectivity index (χ0v) is 11.6. The molecule has 4 N–H and O–H groups in total. The smallest absolute Gasteiger partial charge is 0.278 e. The van der Waals surface area contributed by atoms with Crippen molar-refractivity contribution in [2.75, 3.05) is 6.61 Å². The number of aromatic nitrogens is 4. The third-order valence-electron chi connectivity index (χ3n) is 3.21. The van der Waals surface area contributed by atoms with Gasteiger partial charge in [0.1, 0.15) is 18.3 Å². The Morgan fingerprint density at radius 1 is 1.45 bits per heavy atom. The van der Waals surface area contributed by atoms with Gasteiger partial charge in [-0.2, -0.15) is 0 Å². The lowest BCUT2D eigenvalue weighted by Crippen LogP contribution is -2.33. The van der Waals surface area contributed by atoms with E-state index in [1.54, 1.807) is 0 Å². The van der Waals surface area contributed by atoms with Crippen LogP contribution in [0.15, 0.2) is 15.9 Å². The highest BCUT2D eigenvalue weighted by molar-refractivity contribution is 9.10. The van der Waals surface area contributed by atoms with Crippen LogP contribution in [0.4, 0.5) is 0 Å². The summed E-state index contributed by atoms with van der Waals surface area (Å²) in [5.41, 5.74) is -0.145. The van der Waals surface area contributed by atoms with Gasteiger partial charge >= 0.3 is 0 Å². The van der Waals surface area contributed by atoms with Crippen LogP contribution in [0.2, 0.25) is 0 Å². The Bertz CT molecular complexity index is 701. The van der Waals surface area contributed by atoms with Gasteiger partial charge in [-0.05, 0) is 15.9 Å². The molecule has 0 spiro atoms. The highest BCUT2D eigenvalue weighted by atomic mass is 79.9. The molecule has 0 aliphatic carbocycles. The van der Waals surface area contributed by atoms with E-state index in [1.807, 2.05) is 0 Å². The number of aromatic amines is 1. The lowest BCUT2D eigenvalue weighted by Gasteiger charge is -2.17. The minimum atomic E-state index is -1.28. The first-order valence-corrected chi connectivity index (χ1v) is 6.57. The molecule has 3 rings (SSSR count). The molecule has 2 aromatic rings. The number of hydrogen-bond donors (Lipinski definition) is 4. The van der Waals surface area contributed by atoms with Crippen molar-refractivity contribution in [3.63, 3.8) is 0 Å². The van der Waals surface area contributed by atoms with Crippen molar-refractivity contribution in [3.8, 4) is 0 Å². The monoisotopic (exact) mass is 346 g/mol. The summed E-state index contributed by atoms with van der Waals surface area (Å²) in [5.74, 6) is 0. The summed E-state index contributed by atoms with van der Waals surface area (Å²) in [6, 6.07) is 0. The number of hydrogen-bond acceptors (Lipinski definition) is 7. The van der Waals surface area contributed by atoms with Gasteiger partial charge < -0.3 is 25.0 Å². The Labute approximate surface area is 120 Å². The van der Waals surface area contributed by atoms with Crippen LogP contribution in [0, 0.1) is 0 Å². The second-order valence-corrected chi connectivity index (χ2v) is 5.09. The lowest BCUT2D eigenvalue weighted by atomic mass is 10.1. The van der Waals surface area contributed by atoms with Crippen molar-refractivity contribution in [1.82, 2.24) is 19.5 Å². The highest BCUT2D eigenvalue weighted by Crippen LogP contribution is 2.33. The Morgan fingerprint density at radius 3 is 2.85 bits per heavy atom. The van der Waals surface area contributed by atoms with Gasteiger partial charge in [0.25, 0.3) is 5.56 Å². The molecule has 4 atom stereocenters. The molecule has 2 aromatic heterocycles. The fourth-order valence-electron chi connectivity index (χ4n) is 2.21. The van der Waals surface area contributed by atoms with E-state index in [0.29, 0.717) is 0 Å². The SMILES string of the molecule is O=c1[nH]cnc2c1nc(Br)n2[C@@H]1O[C@H](CO)[C@H](O)C1O. The van der Waals surface area contributed by atoms with E-state index in [9.17, 15) is 15.0 Å². The molecule has 10 heteroatoms. The van der Waals surface area contributed by atoms with Gasteiger partial charge in [-0.1, -0.05) is 0 Å². The normalized spacial score (nSPS) is 30.2. The maximum atomic E-state index is 11.6. The van der Waals surface area contributed by atoms with Crippen LogP contribution in [0.5, 0.6) is 0 Å². The number of halogens is 1. The molecule has 1 saturated heterocycles. The van der Waals surface area contributed by atoms with Crippen LogP contribution in [-0.2, 0) is 4.74 Å². The molecule has 108 valence electrons. The molecule has 1 aliphatic rings. The van der Waals surface area contributed by atoms with Gasteiger partial charge in [0.05, 0.1) is 12.9 Å². The molecular weight excluding hydrogens is 336 g/mol. The zero-order chi connectivity index (χ0) is 14.4. The Balaban J connectivity index is 2.14. The fraction of sp³-hybridized carbons (Fsp3) is 0.500. The summed E-state index contributed by atoms with van der Waals surface area (Å²) in [4.78, 5) is 22.0. The van der Waals surface area contributed by atoms with Gasteiger partial charge in [0.15, 0.2) is 22.1 Å². The van der Waals surface area contributed by atoms with Crippen molar-refractivity contribution in [2.24, 2.45) is 0 Å². The average Bonchev–Trinajstić information content (AvgIpc) is 2.90. The van der Waals surface area contributed by atoms with E-state index in [0.717, 1.165) is 0 Å². The molecular formula is C10H11BrN4O5. The highest BCUT2D eigenvalue weighted by Gasteiger charge is 2.44. The maximum Gasteiger partial charge on any atom is 0.278 e. The maximum absolute atomic E-state index is 11.6. The summed E-state index contributed by atoms with van der Waals surface area (Å²) >= 11 is 3.17. The number of nitrogens with one attached hydrogen (secondary N) is 1. The van der Waals surface area contributed by atoms with Gasteiger partial charge in [-0.25, -0.2) is 9.97 Å². The number of rotatable bonds is 2. The number of imidazole rings is 1. The number of H-pyrrole nitrogens is 1. The zero-order valence-electron chi connectivity index (χ0n) is 9.97. The average molecular weight is 347 g/mol. The minimum absolute atomic E-state index is 0.0807. The first kappa shape index (κ1) is 13.6. The number of fused-ring (bicyclic) bond motifs is 1. The lowest BCUT2D eigenvalue weighted by molar-refractivity contribution is -0.0521. The van der Waals surface area contributed by atoms with Crippen molar-refractivity contribution >= 4 is 27.1 Å². The Hall–Kier alpha value is -1.33. The summed E-state index contributed by atoms with van der Waals surface area (Å²) in [5, 5.41) is 28.9. The van der Waals surface area contributed by atoms with Crippen LogP contribution in [0.1, 0.15) is 6.23 Å². The molecule has 0 radical (unpaired) electrons. The second-order valence-electron chi connectivity index (χ2n) is 4.38. The Morgan fingerprint density at radius 2 is 2.20 bits per heavy atom. The Kier molecular flexibility index (Phi) is 3.34. The second kappa shape index (κ2) is 4.90. The van der Waals surface area contributed by atoms with Crippen LogP contribution in [0.25, 0.3) is 11.2 Å². The van der Waals surface area contributed by atoms with Gasteiger partial charge in [-0.15, -0.1) is 0 Å². The predicted octanol–water partition coefficient (Wildman–Crippen LogP) is -1.51. The third-order valence-corrected chi connectivity index (χ3v) is 3.77. The first-order valence-electron chi connectivity index (χ1n) is 5.78. The largest absolute Gasteiger partial charge is 0.394 e.